The van der Waals surface area contributed by atoms with Crippen LogP contribution in [0.5, 0.6) is 11.5 Å². The van der Waals surface area contributed by atoms with E-state index in [1.807, 2.05) is 32.0 Å². The third-order valence-electron chi connectivity index (χ3n) is 4.43. The van der Waals surface area contributed by atoms with Crippen molar-refractivity contribution < 1.29 is 28.6 Å². The second-order valence-corrected chi connectivity index (χ2v) is 7.54. The number of amides is 3. The Kier molecular flexibility index (Phi) is 10.3. The second-order valence-electron chi connectivity index (χ2n) is 7.14. The van der Waals surface area contributed by atoms with Crippen molar-refractivity contribution in [2.75, 3.05) is 39.3 Å². The monoisotopic (exact) mass is 490 g/mol. The standard InChI is InChI=1S/C23H27ClN4O6/c1-14-5-6-18(15(2)9-14)27-20(29)13-34-21-17(24)10-16(11-19(21)33-4)12-26-28-23(31)22(30)25-7-8-32-3/h5-6,9-12H,7-8,13H2,1-4H3,(H,25,30)(H,27,29)(H,28,31)/b26-12-. The SMILES string of the molecule is COCCNC(=O)C(=O)N/N=C\c1cc(Cl)c(OCC(=O)Nc2ccc(C)cc2C)c(OC)c1. The van der Waals surface area contributed by atoms with Gasteiger partial charge in [-0.15, -0.1) is 0 Å². The fraction of sp³-hybridized carbons (Fsp3) is 0.304. The number of carbonyl (C=O) groups is 3. The van der Waals surface area contributed by atoms with E-state index in [0.29, 0.717) is 11.3 Å². The van der Waals surface area contributed by atoms with E-state index in [-0.39, 0.29) is 42.2 Å². The number of hydrogen-bond acceptors (Lipinski definition) is 7. The molecular formula is C23H27ClN4O6. The number of hydrogen-bond donors (Lipinski definition) is 3. The summed E-state index contributed by atoms with van der Waals surface area (Å²) in [4.78, 5) is 35.6. The third-order valence-corrected chi connectivity index (χ3v) is 4.71. The van der Waals surface area contributed by atoms with Crippen molar-refractivity contribution in [1.82, 2.24) is 10.7 Å². The van der Waals surface area contributed by atoms with Gasteiger partial charge in [-0.3, -0.25) is 14.4 Å². The number of halogens is 1. The quantitative estimate of drug-likeness (QED) is 0.203. The highest BCUT2D eigenvalue weighted by Crippen LogP contribution is 2.36. The Morgan fingerprint density at radius 2 is 1.85 bits per heavy atom. The first-order valence-corrected chi connectivity index (χ1v) is 10.6. The Balaban J connectivity index is 1.98. The van der Waals surface area contributed by atoms with E-state index in [2.05, 4.69) is 21.2 Å². The van der Waals surface area contributed by atoms with Crippen molar-refractivity contribution in [3.05, 3.63) is 52.0 Å². The molecule has 0 saturated heterocycles. The molecule has 3 N–H and O–H groups in total. The Morgan fingerprint density at radius 3 is 2.53 bits per heavy atom. The maximum absolute atomic E-state index is 12.3. The average molecular weight is 491 g/mol. The van der Waals surface area contributed by atoms with Crippen LogP contribution in [0.15, 0.2) is 35.4 Å². The van der Waals surface area contributed by atoms with Gasteiger partial charge in [-0.2, -0.15) is 5.10 Å². The largest absolute Gasteiger partial charge is 0.493 e. The number of methoxy groups -OCH3 is 2. The fourth-order valence-corrected chi connectivity index (χ4v) is 3.07. The van der Waals surface area contributed by atoms with Crippen LogP contribution in [0.1, 0.15) is 16.7 Å². The highest BCUT2D eigenvalue weighted by atomic mass is 35.5. The van der Waals surface area contributed by atoms with Gasteiger partial charge in [-0.1, -0.05) is 29.3 Å². The zero-order valence-corrected chi connectivity index (χ0v) is 20.1. The van der Waals surface area contributed by atoms with Crippen LogP contribution < -0.4 is 25.5 Å². The van der Waals surface area contributed by atoms with Crippen LogP contribution in [0.4, 0.5) is 5.69 Å². The molecular weight excluding hydrogens is 464 g/mol. The highest BCUT2D eigenvalue weighted by Gasteiger charge is 2.15. The average Bonchev–Trinajstić information content (AvgIpc) is 2.79. The van der Waals surface area contributed by atoms with Gasteiger partial charge in [0.1, 0.15) is 0 Å². The minimum atomic E-state index is -0.930. The molecule has 0 unspecified atom stereocenters. The molecule has 0 aliphatic heterocycles. The molecule has 10 nitrogen and oxygen atoms in total. The van der Waals surface area contributed by atoms with Gasteiger partial charge in [0.2, 0.25) is 0 Å². The molecule has 0 radical (unpaired) electrons. The number of nitrogens with one attached hydrogen (secondary N) is 3. The van der Waals surface area contributed by atoms with Crippen LogP contribution >= 0.6 is 11.6 Å². The van der Waals surface area contributed by atoms with Gasteiger partial charge in [0.15, 0.2) is 18.1 Å². The minimum Gasteiger partial charge on any atom is -0.493 e. The first-order chi connectivity index (χ1) is 16.2. The lowest BCUT2D eigenvalue weighted by molar-refractivity contribution is -0.139. The van der Waals surface area contributed by atoms with E-state index < -0.39 is 11.8 Å². The van der Waals surface area contributed by atoms with Gasteiger partial charge >= 0.3 is 11.8 Å². The third kappa shape index (κ3) is 8.05. The Hall–Kier alpha value is -3.63. The number of ether oxygens (including phenoxy) is 3. The Labute approximate surface area is 202 Å². The van der Waals surface area contributed by atoms with Gasteiger partial charge < -0.3 is 24.8 Å². The number of anilines is 1. The summed E-state index contributed by atoms with van der Waals surface area (Å²) in [6, 6.07) is 8.76. The number of carbonyl (C=O) groups excluding carboxylic acids is 3. The molecule has 11 heteroatoms. The zero-order chi connectivity index (χ0) is 25.1. The zero-order valence-electron chi connectivity index (χ0n) is 19.4. The first-order valence-electron chi connectivity index (χ1n) is 10.2. The van der Waals surface area contributed by atoms with Crippen molar-refractivity contribution in [3.63, 3.8) is 0 Å². The van der Waals surface area contributed by atoms with Crippen molar-refractivity contribution >= 4 is 41.2 Å². The highest BCUT2D eigenvalue weighted by molar-refractivity contribution is 6.35. The number of benzene rings is 2. The predicted molar refractivity (Wildman–Crippen MR) is 129 cm³/mol. The van der Waals surface area contributed by atoms with Crippen LogP contribution in [0, 0.1) is 13.8 Å². The van der Waals surface area contributed by atoms with Gasteiger partial charge in [0.25, 0.3) is 5.91 Å². The predicted octanol–water partition coefficient (Wildman–Crippen LogP) is 2.20. The Morgan fingerprint density at radius 1 is 1.09 bits per heavy atom. The summed E-state index contributed by atoms with van der Waals surface area (Å²) in [6.07, 6.45) is 1.28. The van der Waals surface area contributed by atoms with E-state index in [9.17, 15) is 14.4 Å². The molecule has 3 amide bonds. The molecule has 0 aliphatic carbocycles. The number of nitrogens with zero attached hydrogens (tertiary/aromatic N) is 1. The van der Waals surface area contributed by atoms with E-state index >= 15 is 0 Å². The van der Waals surface area contributed by atoms with Crippen molar-refractivity contribution in [3.8, 4) is 11.5 Å². The van der Waals surface area contributed by atoms with Crippen molar-refractivity contribution in [2.45, 2.75) is 13.8 Å². The van der Waals surface area contributed by atoms with Crippen molar-refractivity contribution in [1.29, 1.82) is 0 Å². The van der Waals surface area contributed by atoms with Crippen LogP contribution in [0.3, 0.4) is 0 Å². The molecule has 0 bridgehead atoms. The van der Waals surface area contributed by atoms with Crippen LogP contribution in [-0.4, -0.2) is 57.9 Å². The summed E-state index contributed by atoms with van der Waals surface area (Å²) in [7, 11) is 2.90. The molecule has 0 fully saturated rings. The fourth-order valence-electron chi connectivity index (χ4n) is 2.80. The molecule has 0 saturated carbocycles. The van der Waals surface area contributed by atoms with E-state index in [1.54, 1.807) is 6.07 Å². The maximum Gasteiger partial charge on any atom is 0.329 e. The van der Waals surface area contributed by atoms with Gasteiger partial charge in [0, 0.05) is 19.3 Å². The maximum atomic E-state index is 12.3. The summed E-state index contributed by atoms with van der Waals surface area (Å²) in [6.45, 7) is 4.07. The molecule has 0 aliphatic rings. The lowest BCUT2D eigenvalue weighted by Crippen LogP contribution is -2.39. The molecule has 0 atom stereocenters. The Bertz CT molecular complexity index is 1070. The summed E-state index contributed by atoms with van der Waals surface area (Å²) in [5, 5.41) is 9.07. The van der Waals surface area contributed by atoms with Gasteiger partial charge in [-0.25, -0.2) is 5.43 Å². The lowest BCUT2D eigenvalue weighted by atomic mass is 10.1. The number of aryl methyl sites for hydroxylation is 2. The van der Waals surface area contributed by atoms with Crippen LogP contribution in [0.2, 0.25) is 5.02 Å². The van der Waals surface area contributed by atoms with Gasteiger partial charge in [-0.05, 0) is 43.2 Å². The molecule has 0 spiro atoms. The van der Waals surface area contributed by atoms with Crippen LogP contribution in [-0.2, 0) is 19.1 Å². The molecule has 0 aromatic heterocycles. The first kappa shape index (κ1) is 26.6. The van der Waals surface area contributed by atoms with Gasteiger partial charge in [0.05, 0.1) is 25.0 Å². The second kappa shape index (κ2) is 13.2. The molecule has 0 heterocycles. The topological polar surface area (TPSA) is 127 Å². The number of hydrazone groups is 1. The smallest absolute Gasteiger partial charge is 0.329 e. The summed E-state index contributed by atoms with van der Waals surface area (Å²) in [5.74, 6) is -1.69. The van der Waals surface area contributed by atoms with Crippen molar-refractivity contribution in [2.24, 2.45) is 5.10 Å². The summed E-state index contributed by atoms with van der Waals surface area (Å²) >= 11 is 6.30. The molecule has 2 aromatic rings. The lowest BCUT2D eigenvalue weighted by Gasteiger charge is -2.14. The normalized spacial score (nSPS) is 10.6. The van der Waals surface area contributed by atoms with E-state index in [4.69, 9.17) is 25.8 Å². The molecule has 2 aromatic carbocycles. The molecule has 34 heavy (non-hydrogen) atoms. The van der Waals surface area contributed by atoms with Crippen LogP contribution in [0.25, 0.3) is 0 Å². The minimum absolute atomic E-state index is 0.170. The molecule has 182 valence electrons. The summed E-state index contributed by atoms with van der Waals surface area (Å²) in [5.41, 5.74) is 5.30. The van der Waals surface area contributed by atoms with E-state index in [0.717, 1.165) is 11.1 Å². The number of rotatable bonds is 10. The van der Waals surface area contributed by atoms with E-state index in [1.165, 1.54) is 26.5 Å². The summed E-state index contributed by atoms with van der Waals surface area (Å²) < 4.78 is 15.7. The molecule has 2 rings (SSSR count).